The fraction of sp³-hybridized carbons (Fsp3) is 0.316. The molecule has 0 N–H and O–H groups in total. The third kappa shape index (κ3) is 4.91. The molecule has 2 rings (SSSR count). The summed E-state index contributed by atoms with van der Waals surface area (Å²) in [4.78, 5) is 13.9. The van der Waals surface area contributed by atoms with Crippen LogP contribution in [0.25, 0.3) is 0 Å². The fourth-order valence-corrected chi connectivity index (χ4v) is 2.48. The van der Waals surface area contributed by atoms with Gasteiger partial charge in [0.25, 0.3) is 0 Å². The second kappa shape index (κ2) is 8.12. The standard InChI is InChI=1S/C19H20F3NO3/c1-23(12-13-4-6-15(7-5-13)19(20,21)22)18(24)11-14-10-16(25-2)8-9-17(14)26-3/h4-10H,11-12H2,1-3H3. The summed E-state index contributed by atoms with van der Waals surface area (Å²) in [5.74, 6) is 0.998. The second-order valence-corrected chi connectivity index (χ2v) is 5.80. The summed E-state index contributed by atoms with van der Waals surface area (Å²) in [6.45, 7) is 0.212. The van der Waals surface area contributed by atoms with Gasteiger partial charge in [-0.15, -0.1) is 0 Å². The summed E-state index contributed by atoms with van der Waals surface area (Å²) in [5, 5.41) is 0. The molecule has 2 aromatic carbocycles. The molecule has 0 heterocycles. The number of halogens is 3. The van der Waals surface area contributed by atoms with Gasteiger partial charge in [-0.25, -0.2) is 0 Å². The zero-order valence-electron chi connectivity index (χ0n) is 14.8. The van der Waals surface area contributed by atoms with E-state index >= 15 is 0 Å². The Hall–Kier alpha value is -2.70. The van der Waals surface area contributed by atoms with Gasteiger partial charge in [0.05, 0.1) is 26.2 Å². The first-order chi connectivity index (χ1) is 12.2. The number of ether oxygens (including phenoxy) is 2. The topological polar surface area (TPSA) is 38.8 Å². The molecule has 0 atom stereocenters. The van der Waals surface area contributed by atoms with Gasteiger partial charge in [-0.1, -0.05) is 12.1 Å². The zero-order valence-corrected chi connectivity index (χ0v) is 14.8. The number of carbonyl (C=O) groups excluding carboxylic acids is 1. The van der Waals surface area contributed by atoms with Crippen LogP contribution in [0.5, 0.6) is 11.5 Å². The van der Waals surface area contributed by atoms with E-state index in [0.29, 0.717) is 22.6 Å². The van der Waals surface area contributed by atoms with Crippen molar-refractivity contribution in [3.63, 3.8) is 0 Å². The van der Waals surface area contributed by atoms with Crippen molar-refractivity contribution in [2.45, 2.75) is 19.1 Å². The lowest BCUT2D eigenvalue weighted by Gasteiger charge is -2.19. The van der Waals surface area contributed by atoms with Crippen LogP contribution in [-0.2, 0) is 23.9 Å². The summed E-state index contributed by atoms with van der Waals surface area (Å²) in [6.07, 6.45) is -4.28. The van der Waals surface area contributed by atoms with Crippen molar-refractivity contribution in [2.24, 2.45) is 0 Å². The number of hydrogen-bond donors (Lipinski definition) is 0. The summed E-state index contributed by atoms with van der Waals surface area (Å²) >= 11 is 0. The smallest absolute Gasteiger partial charge is 0.416 e. The molecule has 0 radical (unpaired) electrons. The predicted molar refractivity (Wildman–Crippen MR) is 91.2 cm³/mol. The molecule has 0 saturated carbocycles. The number of rotatable bonds is 6. The fourth-order valence-electron chi connectivity index (χ4n) is 2.48. The SMILES string of the molecule is COc1ccc(OC)c(CC(=O)N(C)Cc2ccc(C(F)(F)F)cc2)c1. The first kappa shape index (κ1) is 19.6. The average Bonchev–Trinajstić information content (AvgIpc) is 2.61. The van der Waals surface area contributed by atoms with Gasteiger partial charge in [0.2, 0.25) is 5.91 Å². The molecule has 0 bridgehead atoms. The van der Waals surface area contributed by atoms with E-state index in [9.17, 15) is 18.0 Å². The van der Waals surface area contributed by atoms with Crippen molar-refractivity contribution in [2.75, 3.05) is 21.3 Å². The Morgan fingerprint density at radius 2 is 1.69 bits per heavy atom. The lowest BCUT2D eigenvalue weighted by atomic mass is 10.1. The molecule has 0 aromatic heterocycles. The number of methoxy groups -OCH3 is 2. The van der Waals surface area contributed by atoms with Gasteiger partial charge in [-0.05, 0) is 35.9 Å². The maximum Gasteiger partial charge on any atom is 0.416 e. The second-order valence-electron chi connectivity index (χ2n) is 5.80. The maximum absolute atomic E-state index is 12.6. The number of carbonyl (C=O) groups is 1. The van der Waals surface area contributed by atoms with Crippen molar-refractivity contribution in [1.29, 1.82) is 0 Å². The Morgan fingerprint density at radius 1 is 1.04 bits per heavy atom. The minimum atomic E-state index is -4.37. The van der Waals surface area contributed by atoms with Gasteiger partial charge in [-0.3, -0.25) is 4.79 Å². The van der Waals surface area contributed by atoms with Crippen LogP contribution in [0.3, 0.4) is 0 Å². The quantitative estimate of drug-likeness (QED) is 0.777. The molecule has 7 heteroatoms. The molecule has 1 amide bonds. The van der Waals surface area contributed by atoms with E-state index in [2.05, 4.69) is 0 Å². The number of nitrogens with zero attached hydrogens (tertiary/aromatic N) is 1. The molecule has 4 nitrogen and oxygen atoms in total. The predicted octanol–water partition coefficient (Wildman–Crippen LogP) is 3.92. The van der Waals surface area contributed by atoms with Crippen molar-refractivity contribution < 1.29 is 27.4 Å². The molecule has 0 fully saturated rings. The molecule has 0 saturated heterocycles. The first-order valence-corrected chi connectivity index (χ1v) is 7.85. The molecule has 0 spiro atoms. The van der Waals surface area contributed by atoms with E-state index < -0.39 is 11.7 Å². The normalized spacial score (nSPS) is 11.2. The molecule has 0 unspecified atom stereocenters. The van der Waals surface area contributed by atoms with E-state index in [1.165, 1.54) is 31.3 Å². The van der Waals surface area contributed by atoms with Crippen LogP contribution in [0, 0.1) is 0 Å². The van der Waals surface area contributed by atoms with Crippen LogP contribution in [-0.4, -0.2) is 32.1 Å². The highest BCUT2D eigenvalue weighted by atomic mass is 19.4. The third-order valence-corrected chi connectivity index (χ3v) is 3.96. The van der Waals surface area contributed by atoms with Crippen molar-refractivity contribution >= 4 is 5.91 Å². The van der Waals surface area contributed by atoms with Crippen LogP contribution in [0.1, 0.15) is 16.7 Å². The molecule has 0 aliphatic rings. The first-order valence-electron chi connectivity index (χ1n) is 7.85. The van der Waals surface area contributed by atoms with Crippen molar-refractivity contribution in [3.05, 3.63) is 59.2 Å². The number of amides is 1. The van der Waals surface area contributed by atoms with E-state index in [-0.39, 0.29) is 18.9 Å². The lowest BCUT2D eigenvalue weighted by Crippen LogP contribution is -2.27. The highest BCUT2D eigenvalue weighted by Crippen LogP contribution is 2.29. The van der Waals surface area contributed by atoms with Gasteiger partial charge < -0.3 is 14.4 Å². The Balaban J connectivity index is 2.06. The lowest BCUT2D eigenvalue weighted by molar-refractivity contribution is -0.137. The van der Waals surface area contributed by atoms with E-state index in [0.717, 1.165) is 12.1 Å². The van der Waals surface area contributed by atoms with Gasteiger partial charge in [0.15, 0.2) is 0 Å². The molecular weight excluding hydrogens is 347 g/mol. The summed E-state index contributed by atoms with van der Waals surface area (Å²) in [7, 11) is 4.65. The maximum atomic E-state index is 12.6. The van der Waals surface area contributed by atoms with Crippen LogP contribution < -0.4 is 9.47 Å². The number of hydrogen-bond acceptors (Lipinski definition) is 3. The number of likely N-dealkylation sites (N-methyl/N-ethyl adjacent to an activating group) is 1. The highest BCUT2D eigenvalue weighted by Gasteiger charge is 2.30. The summed E-state index contributed by atoms with van der Waals surface area (Å²) in [5.41, 5.74) is 0.582. The number of alkyl halides is 3. The summed E-state index contributed by atoms with van der Waals surface area (Å²) < 4.78 is 48.2. The Labute approximate surface area is 150 Å². The zero-order chi connectivity index (χ0) is 19.3. The monoisotopic (exact) mass is 367 g/mol. The van der Waals surface area contributed by atoms with E-state index in [1.807, 2.05) is 0 Å². The van der Waals surface area contributed by atoms with Crippen molar-refractivity contribution in [3.8, 4) is 11.5 Å². The van der Waals surface area contributed by atoms with Crippen LogP contribution >= 0.6 is 0 Å². The molecule has 0 aliphatic carbocycles. The van der Waals surface area contributed by atoms with E-state index in [1.54, 1.807) is 25.2 Å². The average molecular weight is 367 g/mol. The highest BCUT2D eigenvalue weighted by molar-refractivity contribution is 5.79. The minimum Gasteiger partial charge on any atom is -0.497 e. The number of benzene rings is 2. The molecule has 26 heavy (non-hydrogen) atoms. The van der Waals surface area contributed by atoms with Crippen molar-refractivity contribution in [1.82, 2.24) is 4.90 Å². The van der Waals surface area contributed by atoms with Gasteiger partial charge in [-0.2, -0.15) is 13.2 Å². The van der Waals surface area contributed by atoms with Crippen LogP contribution in [0.4, 0.5) is 13.2 Å². The van der Waals surface area contributed by atoms with Gasteiger partial charge in [0.1, 0.15) is 11.5 Å². The molecule has 0 aliphatic heterocycles. The van der Waals surface area contributed by atoms with Gasteiger partial charge in [0, 0.05) is 19.2 Å². The Morgan fingerprint density at radius 3 is 2.23 bits per heavy atom. The van der Waals surface area contributed by atoms with Gasteiger partial charge >= 0.3 is 6.18 Å². The molecular formula is C19H20F3NO3. The third-order valence-electron chi connectivity index (χ3n) is 3.96. The summed E-state index contributed by atoms with van der Waals surface area (Å²) in [6, 6.07) is 9.95. The van der Waals surface area contributed by atoms with E-state index in [4.69, 9.17) is 9.47 Å². The minimum absolute atomic E-state index is 0.0948. The Bertz CT molecular complexity index is 758. The molecule has 140 valence electrons. The van der Waals surface area contributed by atoms with Crippen LogP contribution in [0.2, 0.25) is 0 Å². The van der Waals surface area contributed by atoms with Crippen LogP contribution in [0.15, 0.2) is 42.5 Å². The Kier molecular flexibility index (Phi) is 6.13. The molecule has 2 aromatic rings. The largest absolute Gasteiger partial charge is 0.497 e.